The van der Waals surface area contributed by atoms with Gasteiger partial charge in [0.05, 0.1) is 10.2 Å². The highest BCUT2D eigenvalue weighted by molar-refractivity contribution is 7.19. The van der Waals surface area contributed by atoms with Crippen LogP contribution < -0.4 is 5.32 Å². The molecule has 1 aromatic carbocycles. The van der Waals surface area contributed by atoms with Crippen LogP contribution in [0, 0.1) is 11.3 Å². The standard InChI is InChI=1S/C9H5N3OS/c10-4-9-12-7-2-1-6(11-5-13)3-8(7)14-9/h1-3,5H,(H,11,13). The first-order valence-corrected chi connectivity index (χ1v) is 4.66. The second-order valence-corrected chi connectivity index (χ2v) is 3.61. The van der Waals surface area contributed by atoms with E-state index in [1.54, 1.807) is 18.2 Å². The Morgan fingerprint density at radius 3 is 3.14 bits per heavy atom. The summed E-state index contributed by atoms with van der Waals surface area (Å²) in [6.07, 6.45) is 0.618. The predicted octanol–water partition coefficient (Wildman–Crippen LogP) is 1.74. The number of hydrogen-bond donors (Lipinski definition) is 1. The van der Waals surface area contributed by atoms with Gasteiger partial charge in [-0.15, -0.1) is 11.3 Å². The maximum Gasteiger partial charge on any atom is 0.211 e. The minimum atomic E-state index is 0.434. The highest BCUT2D eigenvalue weighted by Gasteiger charge is 2.02. The van der Waals surface area contributed by atoms with E-state index in [1.807, 2.05) is 6.07 Å². The molecule has 2 aromatic rings. The third-order valence-corrected chi connectivity index (χ3v) is 2.63. The van der Waals surface area contributed by atoms with Gasteiger partial charge in [0.1, 0.15) is 6.07 Å². The summed E-state index contributed by atoms with van der Waals surface area (Å²) in [6, 6.07) is 7.30. The van der Waals surface area contributed by atoms with Gasteiger partial charge >= 0.3 is 0 Å². The molecule has 0 unspecified atom stereocenters. The number of rotatable bonds is 2. The molecule has 14 heavy (non-hydrogen) atoms. The van der Waals surface area contributed by atoms with E-state index in [4.69, 9.17) is 5.26 Å². The molecule has 0 aliphatic rings. The summed E-state index contributed by atoms with van der Waals surface area (Å²) in [5, 5.41) is 11.6. The largest absolute Gasteiger partial charge is 0.329 e. The van der Waals surface area contributed by atoms with E-state index < -0.39 is 0 Å². The average Bonchev–Trinajstić information content (AvgIpc) is 2.60. The number of anilines is 1. The number of hydrogen-bond acceptors (Lipinski definition) is 4. The summed E-state index contributed by atoms with van der Waals surface area (Å²) in [5.41, 5.74) is 1.49. The summed E-state index contributed by atoms with van der Waals surface area (Å²) in [6.45, 7) is 0. The molecule has 0 saturated heterocycles. The SMILES string of the molecule is N#Cc1nc2ccc(NC=O)cc2s1. The van der Waals surface area contributed by atoms with Crippen molar-refractivity contribution in [2.45, 2.75) is 0 Å². The molecule has 68 valence electrons. The number of carbonyl (C=O) groups is 1. The number of aromatic nitrogens is 1. The Hall–Kier alpha value is -1.93. The van der Waals surface area contributed by atoms with Gasteiger partial charge in [0.15, 0.2) is 5.01 Å². The molecule has 1 N–H and O–H groups in total. The van der Waals surface area contributed by atoms with E-state index in [9.17, 15) is 4.79 Å². The monoisotopic (exact) mass is 203 g/mol. The molecule has 0 aliphatic heterocycles. The van der Waals surface area contributed by atoms with Gasteiger partial charge in [-0.1, -0.05) is 0 Å². The van der Waals surface area contributed by atoms with Gasteiger partial charge in [-0.05, 0) is 18.2 Å². The maximum atomic E-state index is 10.2. The van der Waals surface area contributed by atoms with E-state index in [0.717, 1.165) is 10.2 Å². The van der Waals surface area contributed by atoms with E-state index in [1.165, 1.54) is 11.3 Å². The maximum absolute atomic E-state index is 10.2. The van der Waals surface area contributed by atoms with Gasteiger partial charge in [-0.25, -0.2) is 4.98 Å². The Bertz CT molecular complexity index is 526. The van der Waals surface area contributed by atoms with Crippen molar-refractivity contribution in [2.75, 3.05) is 5.32 Å². The molecule has 0 radical (unpaired) electrons. The van der Waals surface area contributed by atoms with Crippen molar-refractivity contribution in [3.05, 3.63) is 23.2 Å². The minimum Gasteiger partial charge on any atom is -0.329 e. The van der Waals surface area contributed by atoms with Gasteiger partial charge in [0.2, 0.25) is 6.41 Å². The van der Waals surface area contributed by atoms with Crippen molar-refractivity contribution in [2.24, 2.45) is 0 Å². The molecule has 2 rings (SSSR count). The number of carbonyl (C=O) groups excluding carboxylic acids is 1. The van der Waals surface area contributed by atoms with Crippen LogP contribution in [0.3, 0.4) is 0 Å². The zero-order chi connectivity index (χ0) is 9.97. The lowest BCUT2D eigenvalue weighted by Gasteiger charge is -1.95. The number of nitrogens with zero attached hydrogens (tertiary/aromatic N) is 2. The molecule has 0 fully saturated rings. The third-order valence-electron chi connectivity index (χ3n) is 1.71. The number of fused-ring (bicyclic) bond motifs is 1. The fourth-order valence-corrected chi connectivity index (χ4v) is 1.93. The molecule has 0 spiro atoms. The second kappa shape index (κ2) is 3.44. The summed E-state index contributed by atoms with van der Waals surface area (Å²) in [4.78, 5) is 14.3. The molecule has 0 aliphatic carbocycles. The van der Waals surface area contributed by atoms with Gasteiger partial charge in [0.25, 0.3) is 0 Å². The van der Waals surface area contributed by atoms with E-state index >= 15 is 0 Å². The van der Waals surface area contributed by atoms with E-state index in [-0.39, 0.29) is 0 Å². The normalized spacial score (nSPS) is 9.64. The Kier molecular flexibility index (Phi) is 2.13. The molecule has 1 aromatic heterocycles. The van der Waals surface area contributed by atoms with Crippen molar-refractivity contribution in [3.63, 3.8) is 0 Å². The van der Waals surface area contributed by atoms with Gasteiger partial charge in [-0.2, -0.15) is 5.26 Å². The fourth-order valence-electron chi connectivity index (χ4n) is 1.13. The smallest absolute Gasteiger partial charge is 0.211 e. The van der Waals surface area contributed by atoms with Gasteiger partial charge < -0.3 is 5.32 Å². The summed E-state index contributed by atoms with van der Waals surface area (Å²) in [7, 11) is 0. The van der Waals surface area contributed by atoms with Crippen LogP contribution in [0.2, 0.25) is 0 Å². The topological polar surface area (TPSA) is 65.8 Å². The first kappa shape index (κ1) is 8.66. The van der Waals surface area contributed by atoms with Crippen LogP contribution >= 0.6 is 11.3 Å². The van der Waals surface area contributed by atoms with Crippen molar-refractivity contribution in [1.29, 1.82) is 5.26 Å². The lowest BCUT2D eigenvalue weighted by molar-refractivity contribution is -0.105. The summed E-state index contributed by atoms with van der Waals surface area (Å²) >= 11 is 1.31. The molecular weight excluding hydrogens is 198 g/mol. The Balaban J connectivity index is 2.55. The zero-order valence-electron chi connectivity index (χ0n) is 7.02. The van der Waals surface area contributed by atoms with Crippen molar-refractivity contribution in [1.82, 2.24) is 4.98 Å². The first-order valence-electron chi connectivity index (χ1n) is 3.84. The summed E-state index contributed by atoms with van der Waals surface area (Å²) < 4.78 is 0.897. The molecular formula is C9H5N3OS. The molecule has 1 heterocycles. The molecule has 1 amide bonds. The van der Waals surface area contributed by atoms with Crippen LogP contribution in [-0.4, -0.2) is 11.4 Å². The highest BCUT2D eigenvalue weighted by atomic mass is 32.1. The van der Waals surface area contributed by atoms with Crippen LogP contribution in [-0.2, 0) is 4.79 Å². The lowest BCUT2D eigenvalue weighted by Crippen LogP contribution is -1.92. The molecule has 0 bridgehead atoms. The van der Waals surface area contributed by atoms with Crippen molar-refractivity contribution < 1.29 is 4.79 Å². The van der Waals surface area contributed by atoms with E-state index in [0.29, 0.717) is 17.1 Å². The van der Waals surface area contributed by atoms with Crippen LogP contribution in [0.1, 0.15) is 5.01 Å². The Morgan fingerprint density at radius 1 is 1.57 bits per heavy atom. The van der Waals surface area contributed by atoms with Crippen LogP contribution in [0.4, 0.5) is 5.69 Å². The van der Waals surface area contributed by atoms with Crippen LogP contribution in [0.25, 0.3) is 10.2 Å². The molecule has 5 heteroatoms. The van der Waals surface area contributed by atoms with Gasteiger partial charge in [0, 0.05) is 5.69 Å². The highest BCUT2D eigenvalue weighted by Crippen LogP contribution is 2.24. The zero-order valence-corrected chi connectivity index (χ0v) is 7.84. The fraction of sp³-hybridized carbons (Fsp3) is 0. The lowest BCUT2D eigenvalue weighted by atomic mass is 10.3. The quantitative estimate of drug-likeness (QED) is 0.756. The minimum absolute atomic E-state index is 0.434. The second-order valence-electron chi connectivity index (χ2n) is 2.58. The Morgan fingerprint density at radius 2 is 2.43 bits per heavy atom. The number of benzene rings is 1. The third kappa shape index (κ3) is 1.43. The number of amides is 1. The number of thiazole rings is 1. The number of nitriles is 1. The van der Waals surface area contributed by atoms with E-state index in [2.05, 4.69) is 10.3 Å². The molecule has 0 atom stereocenters. The van der Waals surface area contributed by atoms with Crippen molar-refractivity contribution in [3.8, 4) is 6.07 Å². The van der Waals surface area contributed by atoms with Crippen molar-refractivity contribution >= 4 is 33.7 Å². The molecule has 0 saturated carbocycles. The average molecular weight is 203 g/mol. The predicted molar refractivity (Wildman–Crippen MR) is 54.0 cm³/mol. The summed E-state index contributed by atoms with van der Waals surface area (Å²) in [5.74, 6) is 0. The Labute approximate surface area is 83.8 Å². The van der Waals surface area contributed by atoms with Gasteiger partial charge in [-0.3, -0.25) is 4.79 Å². The van der Waals surface area contributed by atoms with Crippen LogP contribution in [0.15, 0.2) is 18.2 Å². The number of nitrogens with one attached hydrogen (secondary N) is 1. The molecule has 4 nitrogen and oxygen atoms in total. The van der Waals surface area contributed by atoms with Crippen LogP contribution in [0.5, 0.6) is 0 Å². The first-order chi connectivity index (χ1) is 6.83.